The average Bonchev–Trinajstić information content (AvgIpc) is 2.67. The Balaban J connectivity index is 1.59. The Morgan fingerprint density at radius 3 is 2.48 bits per heavy atom. The number of hydrogen-bond donors (Lipinski definition) is 2. The van der Waals surface area contributed by atoms with Gasteiger partial charge in [-0.3, -0.25) is 9.69 Å². The fraction of sp³-hybridized carbons (Fsp3) is 0.474. The maximum absolute atomic E-state index is 12.5. The van der Waals surface area contributed by atoms with Gasteiger partial charge in [0.1, 0.15) is 0 Å². The molecule has 1 unspecified atom stereocenters. The van der Waals surface area contributed by atoms with Crippen molar-refractivity contribution in [2.45, 2.75) is 25.8 Å². The second kappa shape index (κ2) is 8.30. The summed E-state index contributed by atoms with van der Waals surface area (Å²) in [7, 11) is 3.75. The van der Waals surface area contributed by atoms with Crippen LogP contribution in [0.3, 0.4) is 0 Å². The molecular weight excluding hydrogens is 342 g/mol. The second-order valence-corrected chi connectivity index (χ2v) is 7.09. The lowest BCUT2D eigenvalue weighted by atomic mass is 9.94. The number of hydrogen-bond acceptors (Lipinski definition) is 7. The summed E-state index contributed by atoms with van der Waals surface area (Å²) in [5, 5.41) is 3.00. The zero-order chi connectivity index (χ0) is 19.4. The molecule has 8 heteroatoms. The fourth-order valence-corrected chi connectivity index (χ4v) is 3.26. The van der Waals surface area contributed by atoms with Crippen LogP contribution >= 0.6 is 0 Å². The van der Waals surface area contributed by atoms with Crippen LogP contribution in [-0.4, -0.2) is 52.9 Å². The first-order chi connectivity index (χ1) is 12.9. The smallest absolute Gasteiger partial charge is 0.229 e. The Kier molecular flexibility index (Phi) is 5.85. The largest absolute Gasteiger partial charge is 0.368 e. The molecule has 1 fully saturated rings. The number of nitrogens with zero attached hydrogens (tertiary/aromatic N) is 5. The van der Waals surface area contributed by atoms with E-state index in [4.69, 9.17) is 5.73 Å². The van der Waals surface area contributed by atoms with Crippen LogP contribution < -0.4 is 16.0 Å². The number of nitrogen functional groups attached to an aromatic ring is 1. The summed E-state index contributed by atoms with van der Waals surface area (Å²) in [5.41, 5.74) is 6.68. The van der Waals surface area contributed by atoms with E-state index in [1.54, 1.807) is 0 Å². The van der Waals surface area contributed by atoms with E-state index in [9.17, 15) is 4.79 Å². The Bertz CT molecular complexity index is 773. The van der Waals surface area contributed by atoms with Gasteiger partial charge in [-0.05, 0) is 45.0 Å². The molecule has 0 aliphatic carbocycles. The minimum absolute atomic E-state index is 0.0205. The molecule has 3 rings (SSSR count). The number of para-hydroxylation sites is 1. The van der Waals surface area contributed by atoms with Crippen molar-refractivity contribution in [1.29, 1.82) is 0 Å². The number of aromatic nitrogens is 3. The number of carbonyl (C=O) groups excluding carboxylic acids is 1. The normalized spacial score (nSPS) is 16.7. The van der Waals surface area contributed by atoms with Crippen molar-refractivity contribution in [2.24, 2.45) is 5.92 Å². The van der Waals surface area contributed by atoms with Crippen molar-refractivity contribution in [1.82, 2.24) is 19.9 Å². The zero-order valence-corrected chi connectivity index (χ0v) is 16.1. The number of nitrogens with one attached hydrogen (secondary N) is 1. The Morgan fingerprint density at radius 2 is 1.85 bits per heavy atom. The summed E-state index contributed by atoms with van der Waals surface area (Å²) >= 11 is 0. The van der Waals surface area contributed by atoms with Crippen molar-refractivity contribution in [2.75, 3.05) is 43.1 Å². The number of rotatable bonds is 5. The SMILES string of the molecule is CC(c1nc(N)nc(N(C)C)n1)N1CCC(C(=O)Nc2ccccc2)CC1. The molecule has 0 spiro atoms. The van der Waals surface area contributed by atoms with E-state index in [0.29, 0.717) is 11.8 Å². The molecule has 1 aliphatic rings. The maximum Gasteiger partial charge on any atom is 0.229 e. The molecule has 1 saturated heterocycles. The number of benzene rings is 1. The molecule has 3 N–H and O–H groups in total. The molecule has 27 heavy (non-hydrogen) atoms. The average molecular weight is 369 g/mol. The lowest BCUT2D eigenvalue weighted by Crippen LogP contribution is -2.40. The number of carbonyl (C=O) groups is 1. The van der Waals surface area contributed by atoms with E-state index < -0.39 is 0 Å². The van der Waals surface area contributed by atoms with E-state index in [2.05, 4.69) is 32.1 Å². The minimum atomic E-state index is 0.0205. The first-order valence-corrected chi connectivity index (χ1v) is 9.23. The van der Waals surface area contributed by atoms with Gasteiger partial charge in [-0.2, -0.15) is 15.0 Å². The number of anilines is 3. The monoisotopic (exact) mass is 369 g/mol. The number of amides is 1. The lowest BCUT2D eigenvalue weighted by molar-refractivity contribution is -0.121. The summed E-state index contributed by atoms with van der Waals surface area (Å²) in [5.74, 6) is 1.56. The van der Waals surface area contributed by atoms with Crippen molar-refractivity contribution in [3.05, 3.63) is 36.2 Å². The van der Waals surface area contributed by atoms with E-state index in [0.717, 1.165) is 31.6 Å². The highest BCUT2D eigenvalue weighted by Gasteiger charge is 2.29. The van der Waals surface area contributed by atoms with Crippen molar-refractivity contribution in [3.8, 4) is 0 Å². The van der Waals surface area contributed by atoms with E-state index in [1.165, 1.54) is 0 Å². The van der Waals surface area contributed by atoms with Crippen molar-refractivity contribution in [3.63, 3.8) is 0 Å². The van der Waals surface area contributed by atoms with Crippen LogP contribution in [0.5, 0.6) is 0 Å². The maximum atomic E-state index is 12.5. The first-order valence-electron chi connectivity index (χ1n) is 9.23. The predicted molar refractivity (Wildman–Crippen MR) is 106 cm³/mol. The van der Waals surface area contributed by atoms with E-state index in [1.807, 2.05) is 49.3 Å². The quantitative estimate of drug-likeness (QED) is 0.830. The minimum Gasteiger partial charge on any atom is -0.368 e. The van der Waals surface area contributed by atoms with Crippen molar-refractivity contribution < 1.29 is 4.79 Å². The third-order valence-electron chi connectivity index (χ3n) is 4.92. The molecule has 0 saturated carbocycles. The second-order valence-electron chi connectivity index (χ2n) is 7.09. The van der Waals surface area contributed by atoms with Crippen molar-refractivity contribution >= 4 is 23.5 Å². The van der Waals surface area contributed by atoms with E-state index >= 15 is 0 Å². The Hall–Kier alpha value is -2.74. The van der Waals surface area contributed by atoms with Crippen LogP contribution in [-0.2, 0) is 4.79 Å². The van der Waals surface area contributed by atoms with Crippen LogP contribution in [0, 0.1) is 5.92 Å². The summed E-state index contributed by atoms with van der Waals surface area (Å²) in [4.78, 5) is 29.6. The number of piperidine rings is 1. The van der Waals surface area contributed by atoms with Gasteiger partial charge in [0, 0.05) is 25.7 Å². The molecule has 0 radical (unpaired) electrons. The molecule has 1 aliphatic heterocycles. The van der Waals surface area contributed by atoms with Gasteiger partial charge < -0.3 is 16.0 Å². The predicted octanol–water partition coefficient (Wildman–Crippen LogP) is 1.93. The molecule has 144 valence electrons. The first kappa shape index (κ1) is 19.0. The molecule has 1 atom stereocenters. The zero-order valence-electron chi connectivity index (χ0n) is 16.1. The molecule has 2 aromatic rings. The topological polar surface area (TPSA) is 100 Å². The lowest BCUT2D eigenvalue weighted by Gasteiger charge is -2.34. The third-order valence-corrected chi connectivity index (χ3v) is 4.92. The van der Waals surface area contributed by atoms with E-state index in [-0.39, 0.29) is 23.8 Å². The van der Waals surface area contributed by atoms with Gasteiger partial charge in [-0.15, -0.1) is 0 Å². The van der Waals surface area contributed by atoms with Gasteiger partial charge in [0.15, 0.2) is 5.82 Å². The number of likely N-dealkylation sites (tertiary alicyclic amines) is 1. The van der Waals surface area contributed by atoms with Gasteiger partial charge in [-0.1, -0.05) is 18.2 Å². The summed E-state index contributed by atoms with van der Waals surface area (Å²) in [6, 6.07) is 9.60. The Morgan fingerprint density at radius 1 is 1.19 bits per heavy atom. The summed E-state index contributed by atoms with van der Waals surface area (Å²) in [6.45, 7) is 3.70. The van der Waals surface area contributed by atoms with Crippen LogP contribution in [0.2, 0.25) is 0 Å². The van der Waals surface area contributed by atoms with Gasteiger partial charge in [0.2, 0.25) is 17.8 Å². The van der Waals surface area contributed by atoms with Gasteiger partial charge in [0.25, 0.3) is 0 Å². The summed E-state index contributed by atoms with van der Waals surface area (Å²) in [6.07, 6.45) is 1.62. The highest BCUT2D eigenvalue weighted by atomic mass is 16.1. The molecule has 8 nitrogen and oxygen atoms in total. The van der Waals surface area contributed by atoms with Crippen LogP contribution in [0.15, 0.2) is 30.3 Å². The molecule has 1 amide bonds. The summed E-state index contributed by atoms with van der Waals surface area (Å²) < 4.78 is 0. The van der Waals surface area contributed by atoms with Gasteiger partial charge in [-0.25, -0.2) is 0 Å². The molecule has 1 aromatic carbocycles. The molecule has 2 heterocycles. The third kappa shape index (κ3) is 4.71. The van der Waals surface area contributed by atoms with Crippen LogP contribution in [0.25, 0.3) is 0 Å². The van der Waals surface area contributed by atoms with Gasteiger partial charge >= 0.3 is 0 Å². The van der Waals surface area contributed by atoms with Gasteiger partial charge in [0.05, 0.1) is 6.04 Å². The standard InChI is InChI=1S/C19H27N7O/c1-13(16-22-18(20)24-19(23-16)25(2)3)26-11-9-14(10-12-26)17(27)21-15-7-5-4-6-8-15/h4-8,13-14H,9-12H2,1-3H3,(H,21,27)(H2,20,22,23,24). The van der Waals surface area contributed by atoms with Crippen LogP contribution in [0.4, 0.5) is 17.6 Å². The molecular formula is C19H27N7O. The highest BCUT2D eigenvalue weighted by Crippen LogP contribution is 2.26. The highest BCUT2D eigenvalue weighted by molar-refractivity contribution is 5.92. The Labute approximate surface area is 159 Å². The van der Waals surface area contributed by atoms with Crippen LogP contribution in [0.1, 0.15) is 31.6 Å². The fourth-order valence-electron chi connectivity index (χ4n) is 3.26. The molecule has 0 bridgehead atoms. The molecule has 1 aromatic heterocycles. The number of nitrogens with two attached hydrogens (primary N) is 1.